The quantitative estimate of drug-likeness (QED) is 0.441. The van der Waals surface area contributed by atoms with Gasteiger partial charge in [-0.3, -0.25) is 4.79 Å². The van der Waals surface area contributed by atoms with Crippen LogP contribution >= 0.6 is 11.6 Å². The number of carbonyl (C=O) groups is 2. The zero-order chi connectivity index (χ0) is 15.2. The van der Waals surface area contributed by atoms with Crippen molar-refractivity contribution >= 4 is 28.5 Å². The number of ether oxygens (including phenoxy) is 1. The molecule has 0 N–H and O–H groups in total. The molecule has 20 heavy (non-hydrogen) atoms. The second-order valence-electron chi connectivity index (χ2n) is 4.55. The van der Waals surface area contributed by atoms with Crippen LogP contribution in [0.15, 0.2) is 30.3 Å². The average molecular weight is 298 g/mol. The Morgan fingerprint density at radius 2 is 1.85 bits per heavy atom. The molecular weight excluding hydrogens is 278 g/mol. The maximum absolute atomic E-state index is 12.2. The maximum atomic E-state index is 12.2. The summed E-state index contributed by atoms with van der Waals surface area (Å²) in [6, 6.07) is 9.25. The Hall–Kier alpha value is -1.55. The van der Waals surface area contributed by atoms with E-state index in [2.05, 4.69) is 0 Å². The highest BCUT2D eigenvalue weighted by molar-refractivity contribution is 6.68. The minimum atomic E-state index is -1.52. The second-order valence-corrected chi connectivity index (χ2v) is 4.90. The highest BCUT2D eigenvalue weighted by Gasteiger charge is 2.47. The Kier molecular flexibility index (Phi) is 6.02. The van der Waals surface area contributed by atoms with Crippen LogP contribution in [0.25, 0.3) is 0 Å². The van der Waals surface area contributed by atoms with Gasteiger partial charge in [-0.05, 0) is 44.0 Å². The number of carbonyl (C=O) groups excluding carboxylic acids is 2. The van der Waals surface area contributed by atoms with Crippen LogP contribution < -0.4 is 4.90 Å². The minimum absolute atomic E-state index is 0.202. The van der Waals surface area contributed by atoms with Gasteiger partial charge in [0.15, 0.2) is 0 Å². The van der Waals surface area contributed by atoms with Crippen molar-refractivity contribution < 1.29 is 14.3 Å². The summed E-state index contributed by atoms with van der Waals surface area (Å²) in [7, 11) is 0. The molecule has 110 valence electrons. The molecule has 0 amide bonds. The molecule has 0 radical (unpaired) electrons. The molecule has 0 aliphatic carbocycles. The monoisotopic (exact) mass is 297 g/mol. The van der Waals surface area contributed by atoms with Crippen molar-refractivity contribution in [1.29, 1.82) is 0 Å². The number of rotatable bonds is 7. The predicted octanol–water partition coefficient (Wildman–Crippen LogP) is 2.99. The lowest BCUT2D eigenvalue weighted by atomic mass is 10.00. The molecule has 1 aromatic rings. The van der Waals surface area contributed by atoms with E-state index in [1.54, 1.807) is 11.8 Å². The molecule has 4 nitrogen and oxygen atoms in total. The van der Waals surface area contributed by atoms with Crippen LogP contribution in [-0.2, 0) is 14.3 Å². The van der Waals surface area contributed by atoms with Gasteiger partial charge < -0.3 is 9.64 Å². The van der Waals surface area contributed by atoms with Crippen molar-refractivity contribution in [3.05, 3.63) is 30.3 Å². The van der Waals surface area contributed by atoms with Gasteiger partial charge in [-0.1, -0.05) is 25.1 Å². The van der Waals surface area contributed by atoms with E-state index in [9.17, 15) is 9.59 Å². The molecule has 0 saturated carbocycles. The van der Waals surface area contributed by atoms with Gasteiger partial charge in [-0.25, -0.2) is 4.79 Å². The van der Waals surface area contributed by atoms with Crippen LogP contribution in [0.1, 0.15) is 27.2 Å². The number of benzene rings is 1. The standard InChI is InChI=1S/C15H20ClNO3/c1-4-11-17(12-9-7-6-8-10-12)15(3,13(16)18)14(19)20-5-2/h6-10H,4-5,11H2,1-3H3/t15-/m0/s1. The minimum Gasteiger partial charge on any atom is -0.464 e. The van der Waals surface area contributed by atoms with Crippen molar-refractivity contribution in [2.75, 3.05) is 18.1 Å². The summed E-state index contributed by atoms with van der Waals surface area (Å²) in [5.74, 6) is -0.627. The molecule has 0 spiro atoms. The molecule has 0 fully saturated rings. The van der Waals surface area contributed by atoms with Crippen molar-refractivity contribution in [2.24, 2.45) is 0 Å². The van der Waals surface area contributed by atoms with E-state index in [4.69, 9.17) is 16.3 Å². The van der Waals surface area contributed by atoms with Crippen LogP contribution in [0.2, 0.25) is 0 Å². The number of hydrogen-bond donors (Lipinski definition) is 0. The third-order valence-electron chi connectivity index (χ3n) is 3.11. The Labute approximate surface area is 124 Å². The summed E-state index contributed by atoms with van der Waals surface area (Å²) in [6.45, 7) is 5.90. The third kappa shape index (κ3) is 3.31. The summed E-state index contributed by atoms with van der Waals surface area (Å²) < 4.78 is 5.03. The van der Waals surface area contributed by atoms with Gasteiger partial charge in [-0.2, -0.15) is 0 Å². The lowest BCUT2D eigenvalue weighted by Crippen LogP contribution is -2.58. The first-order chi connectivity index (χ1) is 9.48. The van der Waals surface area contributed by atoms with Crippen molar-refractivity contribution in [1.82, 2.24) is 0 Å². The fourth-order valence-corrected chi connectivity index (χ4v) is 2.19. The predicted molar refractivity (Wildman–Crippen MR) is 80.0 cm³/mol. The van der Waals surface area contributed by atoms with E-state index < -0.39 is 16.8 Å². The Balaban J connectivity index is 3.26. The first-order valence-corrected chi connectivity index (χ1v) is 7.06. The highest BCUT2D eigenvalue weighted by Crippen LogP contribution is 2.28. The number of hydrogen-bond acceptors (Lipinski definition) is 4. The van der Waals surface area contributed by atoms with Crippen LogP contribution in [-0.4, -0.2) is 29.9 Å². The SMILES string of the molecule is CCCN(c1ccccc1)[C@@](C)(C(=O)Cl)C(=O)OCC. The van der Waals surface area contributed by atoms with Crippen molar-refractivity contribution in [3.8, 4) is 0 Å². The van der Waals surface area contributed by atoms with Gasteiger partial charge in [0.25, 0.3) is 5.24 Å². The molecule has 1 atom stereocenters. The topological polar surface area (TPSA) is 46.6 Å². The van der Waals surface area contributed by atoms with E-state index in [0.717, 1.165) is 12.1 Å². The van der Waals surface area contributed by atoms with Crippen LogP contribution in [0, 0.1) is 0 Å². The number of anilines is 1. The van der Waals surface area contributed by atoms with E-state index in [1.807, 2.05) is 37.3 Å². The van der Waals surface area contributed by atoms with Crippen LogP contribution in [0.5, 0.6) is 0 Å². The van der Waals surface area contributed by atoms with Crippen LogP contribution in [0.4, 0.5) is 5.69 Å². The van der Waals surface area contributed by atoms with E-state index in [-0.39, 0.29) is 6.61 Å². The molecule has 0 bridgehead atoms. The first kappa shape index (κ1) is 16.5. The van der Waals surface area contributed by atoms with Crippen molar-refractivity contribution in [2.45, 2.75) is 32.7 Å². The lowest BCUT2D eigenvalue weighted by molar-refractivity contribution is -0.151. The summed E-state index contributed by atoms with van der Waals surface area (Å²) in [5.41, 5.74) is -0.756. The fraction of sp³-hybridized carbons (Fsp3) is 0.467. The van der Waals surface area contributed by atoms with Gasteiger partial charge in [0.1, 0.15) is 0 Å². The molecule has 0 aliphatic heterocycles. The normalized spacial score (nSPS) is 13.4. The number of para-hydroxylation sites is 1. The number of esters is 1. The summed E-state index contributed by atoms with van der Waals surface area (Å²) >= 11 is 5.71. The van der Waals surface area contributed by atoms with E-state index >= 15 is 0 Å². The molecule has 0 heterocycles. The summed E-state index contributed by atoms with van der Waals surface area (Å²) in [6.07, 6.45) is 0.772. The van der Waals surface area contributed by atoms with E-state index in [1.165, 1.54) is 6.92 Å². The number of halogens is 1. The molecule has 0 aliphatic rings. The van der Waals surface area contributed by atoms with Gasteiger partial charge in [-0.15, -0.1) is 0 Å². The zero-order valence-electron chi connectivity index (χ0n) is 12.1. The van der Waals surface area contributed by atoms with Gasteiger partial charge in [0.05, 0.1) is 6.61 Å². The Morgan fingerprint density at radius 1 is 1.25 bits per heavy atom. The van der Waals surface area contributed by atoms with Crippen molar-refractivity contribution in [3.63, 3.8) is 0 Å². The average Bonchev–Trinajstić information content (AvgIpc) is 2.45. The second kappa shape index (κ2) is 7.29. The Bertz CT molecular complexity index is 463. The summed E-state index contributed by atoms with van der Waals surface area (Å²) in [5, 5.41) is -0.742. The van der Waals surface area contributed by atoms with Gasteiger partial charge in [0, 0.05) is 12.2 Å². The zero-order valence-corrected chi connectivity index (χ0v) is 12.8. The maximum Gasteiger partial charge on any atom is 0.340 e. The molecule has 0 saturated heterocycles. The molecule has 5 heteroatoms. The number of nitrogens with zero attached hydrogens (tertiary/aromatic N) is 1. The van der Waals surface area contributed by atoms with Gasteiger partial charge in [0.2, 0.25) is 5.54 Å². The largest absolute Gasteiger partial charge is 0.464 e. The molecule has 1 rings (SSSR count). The van der Waals surface area contributed by atoms with E-state index in [0.29, 0.717) is 6.54 Å². The molecule has 0 unspecified atom stereocenters. The highest BCUT2D eigenvalue weighted by atomic mass is 35.5. The Morgan fingerprint density at radius 3 is 2.30 bits per heavy atom. The third-order valence-corrected chi connectivity index (χ3v) is 3.48. The van der Waals surface area contributed by atoms with Gasteiger partial charge >= 0.3 is 5.97 Å². The smallest absolute Gasteiger partial charge is 0.340 e. The molecule has 1 aromatic carbocycles. The summed E-state index contributed by atoms with van der Waals surface area (Å²) in [4.78, 5) is 25.8. The molecular formula is C15H20ClNO3. The fourth-order valence-electron chi connectivity index (χ4n) is 2.01. The first-order valence-electron chi connectivity index (χ1n) is 6.68. The van der Waals surface area contributed by atoms with Crippen LogP contribution in [0.3, 0.4) is 0 Å². The lowest BCUT2D eigenvalue weighted by Gasteiger charge is -2.38. The molecule has 0 aromatic heterocycles.